The Balaban J connectivity index is 1.67. The van der Waals surface area contributed by atoms with Crippen molar-refractivity contribution in [2.45, 2.75) is 44.9 Å². The number of phenols is 1. The van der Waals surface area contributed by atoms with Crippen molar-refractivity contribution >= 4 is 0 Å². The molecule has 2 N–H and O–H groups in total. The van der Waals surface area contributed by atoms with Crippen LogP contribution in [0, 0.1) is 13.8 Å². The number of hydrogen-bond donors (Lipinski definition) is 2. The first kappa shape index (κ1) is 14.8. The van der Waals surface area contributed by atoms with E-state index in [-0.39, 0.29) is 0 Å². The van der Waals surface area contributed by atoms with Crippen LogP contribution in [0.15, 0.2) is 36.4 Å². The van der Waals surface area contributed by atoms with Crippen molar-refractivity contribution < 1.29 is 5.11 Å². The molecule has 1 aromatic carbocycles. The second-order valence-corrected chi connectivity index (χ2v) is 7.57. The average molecular weight is 330 g/mol. The highest BCUT2D eigenvalue weighted by Crippen LogP contribution is 2.58. The summed E-state index contributed by atoms with van der Waals surface area (Å²) in [6, 6.07) is 12.3. The van der Waals surface area contributed by atoms with E-state index in [2.05, 4.69) is 49.2 Å². The van der Waals surface area contributed by atoms with Gasteiger partial charge in [0.05, 0.1) is 11.4 Å². The molecule has 1 saturated carbocycles. The summed E-state index contributed by atoms with van der Waals surface area (Å²) in [6.45, 7) is 4.16. The van der Waals surface area contributed by atoms with Gasteiger partial charge in [-0.3, -0.25) is 0 Å². The van der Waals surface area contributed by atoms with Crippen LogP contribution in [-0.2, 0) is 0 Å². The Kier molecular flexibility index (Phi) is 3.08. The quantitative estimate of drug-likeness (QED) is 0.658. The van der Waals surface area contributed by atoms with Gasteiger partial charge in [-0.25, -0.2) is 4.98 Å². The normalized spacial score (nSPS) is 20.9. The van der Waals surface area contributed by atoms with Crippen molar-refractivity contribution in [2.75, 3.05) is 0 Å². The van der Waals surface area contributed by atoms with Gasteiger partial charge in [0, 0.05) is 28.1 Å². The molecule has 3 aromatic rings. The third-order valence-electron chi connectivity index (χ3n) is 5.96. The predicted molar refractivity (Wildman–Crippen MR) is 99.9 cm³/mol. The van der Waals surface area contributed by atoms with Gasteiger partial charge in [-0.1, -0.05) is 6.07 Å². The molecule has 2 heterocycles. The number of aromatic nitrogens is 2. The molecule has 2 aromatic heterocycles. The summed E-state index contributed by atoms with van der Waals surface area (Å²) in [5.41, 5.74) is 9.23. The van der Waals surface area contributed by atoms with Gasteiger partial charge in [0.25, 0.3) is 0 Å². The molecule has 1 fully saturated rings. The third-order valence-corrected chi connectivity index (χ3v) is 5.96. The largest absolute Gasteiger partial charge is 0.508 e. The maximum Gasteiger partial charge on any atom is 0.119 e. The standard InChI is InChI=1S/C22H22N2O/c1-12-10-17(13(2)23-12)19-5-3-4-18(24-19)16-8-9-20(25)22-15-7-6-14(11-15)21(16)22/h3-5,8-10,14-15,23,25H,6-7,11H2,1-2H3. The van der Waals surface area contributed by atoms with Gasteiger partial charge in [0.15, 0.2) is 0 Å². The van der Waals surface area contributed by atoms with Gasteiger partial charge in [0.1, 0.15) is 5.75 Å². The number of phenolic OH excluding ortho intramolecular Hbond substituents is 1. The topological polar surface area (TPSA) is 48.9 Å². The van der Waals surface area contributed by atoms with E-state index in [0.717, 1.165) is 28.3 Å². The fourth-order valence-corrected chi connectivity index (χ4v) is 4.95. The van der Waals surface area contributed by atoms with Crippen molar-refractivity contribution in [3.8, 4) is 28.3 Å². The van der Waals surface area contributed by atoms with E-state index in [9.17, 15) is 5.11 Å². The van der Waals surface area contributed by atoms with Crippen LogP contribution in [0.2, 0.25) is 0 Å². The first-order valence-electron chi connectivity index (χ1n) is 9.11. The number of aryl methyl sites for hydroxylation is 2. The van der Waals surface area contributed by atoms with E-state index >= 15 is 0 Å². The lowest BCUT2D eigenvalue weighted by molar-refractivity contribution is 0.462. The molecule has 25 heavy (non-hydrogen) atoms. The number of nitrogens with zero attached hydrogens (tertiary/aromatic N) is 1. The van der Waals surface area contributed by atoms with Crippen LogP contribution in [0.5, 0.6) is 5.75 Å². The van der Waals surface area contributed by atoms with E-state index in [1.165, 1.54) is 36.0 Å². The van der Waals surface area contributed by atoms with Crippen molar-refractivity contribution in [3.05, 3.63) is 58.9 Å². The van der Waals surface area contributed by atoms with Crippen LogP contribution < -0.4 is 0 Å². The van der Waals surface area contributed by atoms with E-state index in [4.69, 9.17) is 4.98 Å². The minimum absolute atomic E-state index is 0.471. The van der Waals surface area contributed by atoms with E-state index in [1.54, 1.807) is 0 Å². The number of rotatable bonds is 2. The fraction of sp³-hybridized carbons (Fsp3) is 0.318. The smallest absolute Gasteiger partial charge is 0.119 e. The van der Waals surface area contributed by atoms with Gasteiger partial charge in [-0.2, -0.15) is 0 Å². The van der Waals surface area contributed by atoms with Crippen molar-refractivity contribution in [3.63, 3.8) is 0 Å². The van der Waals surface area contributed by atoms with E-state index < -0.39 is 0 Å². The SMILES string of the molecule is Cc1cc(-c2cccc(-c3ccc(O)c4c3C3CCC4C3)n2)c(C)[nH]1. The number of benzene rings is 1. The van der Waals surface area contributed by atoms with E-state index in [0.29, 0.717) is 17.6 Å². The Bertz CT molecular complexity index is 986. The first-order valence-corrected chi connectivity index (χ1v) is 9.11. The van der Waals surface area contributed by atoms with Gasteiger partial charge in [-0.15, -0.1) is 0 Å². The lowest BCUT2D eigenvalue weighted by atomic mass is 9.86. The summed E-state index contributed by atoms with van der Waals surface area (Å²) in [5.74, 6) is 1.60. The maximum absolute atomic E-state index is 10.4. The summed E-state index contributed by atoms with van der Waals surface area (Å²) in [4.78, 5) is 8.34. The highest BCUT2D eigenvalue weighted by Gasteiger charge is 2.40. The number of hydrogen-bond acceptors (Lipinski definition) is 2. The molecular weight excluding hydrogens is 308 g/mol. The molecule has 126 valence electrons. The summed E-state index contributed by atoms with van der Waals surface area (Å²) < 4.78 is 0. The average Bonchev–Trinajstić information content (AvgIpc) is 3.30. The summed E-state index contributed by atoms with van der Waals surface area (Å²) in [7, 11) is 0. The minimum atomic E-state index is 0.471. The van der Waals surface area contributed by atoms with Gasteiger partial charge < -0.3 is 10.1 Å². The van der Waals surface area contributed by atoms with Gasteiger partial charge in [-0.05, 0) is 80.8 Å². The predicted octanol–water partition coefficient (Wildman–Crippen LogP) is 5.43. The van der Waals surface area contributed by atoms with Gasteiger partial charge in [0.2, 0.25) is 0 Å². The summed E-state index contributed by atoms with van der Waals surface area (Å²) in [5, 5.41) is 10.4. The highest BCUT2D eigenvalue weighted by molar-refractivity contribution is 5.74. The lowest BCUT2D eigenvalue weighted by Gasteiger charge is -2.20. The van der Waals surface area contributed by atoms with Crippen LogP contribution in [0.3, 0.4) is 0 Å². The molecule has 0 spiro atoms. The Hall–Kier alpha value is -2.55. The zero-order chi connectivity index (χ0) is 17.1. The van der Waals surface area contributed by atoms with Crippen molar-refractivity contribution in [2.24, 2.45) is 0 Å². The van der Waals surface area contributed by atoms with Crippen molar-refractivity contribution in [1.82, 2.24) is 9.97 Å². The minimum Gasteiger partial charge on any atom is -0.508 e. The Morgan fingerprint density at radius 1 is 0.960 bits per heavy atom. The Morgan fingerprint density at radius 3 is 2.40 bits per heavy atom. The fourth-order valence-electron chi connectivity index (χ4n) is 4.95. The van der Waals surface area contributed by atoms with Crippen LogP contribution in [0.25, 0.3) is 22.5 Å². The number of aromatic amines is 1. The molecule has 2 unspecified atom stereocenters. The number of aromatic hydroxyl groups is 1. The molecule has 2 aliphatic carbocycles. The molecule has 0 saturated heterocycles. The maximum atomic E-state index is 10.4. The van der Waals surface area contributed by atoms with Crippen LogP contribution in [0.4, 0.5) is 0 Å². The molecule has 0 radical (unpaired) electrons. The monoisotopic (exact) mass is 330 g/mol. The summed E-state index contributed by atoms with van der Waals surface area (Å²) >= 11 is 0. The number of pyridine rings is 1. The Labute approximate surface area is 147 Å². The van der Waals surface area contributed by atoms with Crippen LogP contribution >= 0.6 is 0 Å². The second kappa shape index (κ2) is 5.22. The molecule has 3 nitrogen and oxygen atoms in total. The van der Waals surface area contributed by atoms with Crippen LogP contribution in [-0.4, -0.2) is 15.1 Å². The Morgan fingerprint density at radius 2 is 1.68 bits per heavy atom. The second-order valence-electron chi connectivity index (χ2n) is 7.57. The number of nitrogens with one attached hydrogen (secondary N) is 1. The zero-order valence-corrected chi connectivity index (χ0v) is 14.6. The molecule has 2 bridgehead atoms. The lowest BCUT2D eigenvalue weighted by Crippen LogP contribution is -2.02. The highest BCUT2D eigenvalue weighted by atomic mass is 16.3. The van der Waals surface area contributed by atoms with Crippen molar-refractivity contribution in [1.29, 1.82) is 0 Å². The zero-order valence-electron chi connectivity index (χ0n) is 14.6. The molecule has 2 aliphatic rings. The molecule has 0 amide bonds. The molecular formula is C22H22N2O. The van der Waals surface area contributed by atoms with E-state index in [1.807, 2.05) is 6.07 Å². The van der Waals surface area contributed by atoms with Gasteiger partial charge >= 0.3 is 0 Å². The molecule has 3 heteroatoms. The number of fused-ring (bicyclic) bond motifs is 5. The first-order chi connectivity index (χ1) is 12.1. The number of H-pyrrole nitrogens is 1. The van der Waals surface area contributed by atoms with Crippen LogP contribution in [0.1, 0.15) is 53.6 Å². The molecule has 0 aliphatic heterocycles. The molecule has 2 atom stereocenters. The third kappa shape index (κ3) is 2.15. The molecule has 5 rings (SSSR count). The summed E-state index contributed by atoms with van der Waals surface area (Å²) in [6.07, 6.45) is 3.64.